The molecule has 6 aliphatic rings. The van der Waals surface area contributed by atoms with Crippen LogP contribution in [0.3, 0.4) is 0 Å². The van der Waals surface area contributed by atoms with E-state index in [0.717, 1.165) is 65.2 Å². The van der Waals surface area contributed by atoms with Crippen LogP contribution in [0, 0.1) is 0 Å². The highest BCUT2D eigenvalue weighted by Gasteiger charge is 2.59. The summed E-state index contributed by atoms with van der Waals surface area (Å²) in [5, 5.41) is 208. The van der Waals surface area contributed by atoms with Crippen molar-refractivity contribution < 1.29 is 163 Å². The third-order valence-corrected chi connectivity index (χ3v) is 21.7. The number of nitrogens with one attached hydrogen (secondary N) is 3. The van der Waals surface area contributed by atoms with Gasteiger partial charge < -0.3 is 165 Å². The van der Waals surface area contributed by atoms with Gasteiger partial charge in [-0.1, -0.05) is 180 Å². The zero-order valence-corrected chi connectivity index (χ0v) is 65.6. The number of ether oxygens (including phenoxy) is 12. The van der Waals surface area contributed by atoms with Crippen molar-refractivity contribution in [2.24, 2.45) is 0 Å². The summed E-state index contributed by atoms with van der Waals surface area (Å²) in [4.78, 5) is 39.1. The highest BCUT2D eigenvalue weighted by atomic mass is 16.8. The molecular formula is C76H137N3O33. The molecule has 6 heterocycles. The second-order valence-electron chi connectivity index (χ2n) is 30.7. The molecule has 0 radical (unpaired) electrons. The molecule has 0 aromatic rings. The number of aliphatic hydroxyl groups excluding tert-OH is 18. The van der Waals surface area contributed by atoms with Crippen LogP contribution in [0.15, 0.2) is 12.2 Å². The number of rotatable bonds is 52. The van der Waals surface area contributed by atoms with E-state index in [0.29, 0.717) is 12.8 Å². The molecule has 0 aromatic heterocycles. The summed E-state index contributed by atoms with van der Waals surface area (Å²) in [5.41, 5.74) is 0. The van der Waals surface area contributed by atoms with Crippen LogP contribution in [0.2, 0.25) is 0 Å². The van der Waals surface area contributed by atoms with Crippen molar-refractivity contribution in [3.63, 3.8) is 0 Å². The standard InChI is InChI=1S/C76H137N3O33/c1-5-7-9-11-13-15-17-19-20-22-24-26-28-30-32-34-52(89)79-44(45(88)33-31-29-27-25-23-21-18-16-14-12-10-8-6-2)41-101-73-63(98)61(96)68(51(40-85)107-73)110-76-65(100)70(57(92)48(37-82)104-76)112-72-54(78-43(4)87)59(94)67(50(39-84)106-72)109-75-64(99)69(56(91)47(36-81)103-75)111-71-53(77-42(3)86)58(93)66(49(38-83)105-71)108-74-62(97)60(95)55(90)46(35-80)102-74/h31,33,44-51,53-76,80-85,88,90-100H,5-30,32,34-41H2,1-4H3,(H,77,86)(H,78,87)(H,79,89)/b33-31+/t44-,45+,46?,47?,48?,49?,50?,51?,53?,54?,55-,56-,57-,58+,59+,60-,61+,62?,63?,64?,65?,66+,67+,68+,69-,70-,71+,72-,73+,74-,75-,76-/m0/s1. The molecule has 36 heteroatoms. The SMILES string of the molecule is CCCCCCCCCCCCC/C=C/[C@@H](O)[C@H](CO[C@@H]1OC(CO)[C@@H](O[C@@H]2OC(CO)[C@H](O)[C@H](O[C@@H]3OC(CO)[C@@H](O[C@@H]4OC(CO)[C@H](O)[C@H](O[C@H]5OC(CO)[C@@H](O[C@@H]6OC(CO)[C@H](O)[C@H](O)C6O)[C@H](O)C5NC(C)=O)C4O)[C@H](O)C3NC(C)=O)C2O)[C@H](O)C1O)NC(=O)CCCCCCCCCCCCCCCCC. The fraction of sp³-hybridized carbons (Fsp3) is 0.934. The fourth-order valence-corrected chi connectivity index (χ4v) is 15.1. The molecule has 12 unspecified atom stereocenters. The van der Waals surface area contributed by atoms with Gasteiger partial charge in [0.15, 0.2) is 37.7 Å². The van der Waals surface area contributed by atoms with Crippen molar-refractivity contribution in [3.05, 3.63) is 12.2 Å². The van der Waals surface area contributed by atoms with Crippen LogP contribution in [0.4, 0.5) is 0 Å². The lowest BCUT2D eigenvalue weighted by atomic mass is 9.93. The Kier molecular flexibility index (Phi) is 45.5. The number of hydrogen-bond donors (Lipinski definition) is 21. The average molecular weight is 1620 g/mol. The van der Waals surface area contributed by atoms with Gasteiger partial charge in [-0.3, -0.25) is 14.4 Å². The van der Waals surface area contributed by atoms with Gasteiger partial charge in [0, 0.05) is 20.3 Å². The van der Waals surface area contributed by atoms with Crippen LogP contribution in [-0.2, 0) is 71.2 Å². The number of amides is 3. The minimum Gasteiger partial charge on any atom is -0.394 e. The maximum Gasteiger partial charge on any atom is 0.220 e. The molecule has 6 saturated heterocycles. The first-order valence-corrected chi connectivity index (χ1v) is 41.0. The van der Waals surface area contributed by atoms with E-state index in [1.54, 1.807) is 6.08 Å². The number of carbonyl (C=O) groups is 3. The minimum absolute atomic E-state index is 0.176. The topological polar surface area (TPSA) is 562 Å². The van der Waals surface area contributed by atoms with E-state index in [9.17, 15) is 106 Å². The van der Waals surface area contributed by atoms with Gasteiger partial charge >= 0.3 is 0 Å². The number of hydrogen-bond acceptors (Lipinski definition) is 33. The van der Waals surface area contributed by atoms with Crippen molar-refractivity contribution in [1.82, 2.24) is 16.0 Å². The molecule has 3 amide bonds. The first-order chi connectivity index (χ1) is 53.8. The van der Waals surface area contributed by atoms with Gasteiger partial charge in [0.05, 0.1) is 58.4 Å². The Bertz CT molecular complexity index is 2600. The second-order valence-corrected chi connectivity index (χ2v) is 30.7. The second kappa shape index (κ2) is 52.1. The molecule has 654 valence electrons. The summed E-state index contributed by atoms with van der Waals surface area (Å²) >= 11 is 0. The van der Waals surface area contributed by atoms with E-state index in [1.165, 1.54) is 109 Å². The van der Waals surface area contributed by atoms with Crippen molar-refractivity contribution in [2.45, 2.75) is 404 Å². The number of unbranched alkanes of at least 4 members (excludes halogenated alkanes) is 25. The van der Waals surface area contributed by atoms with E-state index in [-0.39, 0.29) is 12.3 Å². The molecule has 21 N–H and O–H groups in total. The fourth-order valence-electron chi connectivity index (χ4n) is 15.1. The molecule has 6 rings (SSSR count). The predicted molar refractivity (Wildman–Crippen MR) is 394 cm³/mol. The zero-order chi connectivity index (χ0) is 82.0. The van der Waals surface area contributed by atoms with Gasteiger partial charge in [0.1, 0.15) is 146 Å². The molecule has 112 heavy (non-hydrogen) atoms. The molecule has 36 nitrogen and oxygen atoms in total. The van der Waals surface area contributed by atoms with Crippen LogP contribution < -0.4 is 16.0 Å². The Morgan fingerprint density at radius 3 is 1.04 bits per heavy atom. The predicted octanol–water partition coefficient (Wildman–Crippen LogP) is -2.42. The molecule has 0 bridgehead atoms. The van der Waals surface area contributed by atoms with Crippen LogP contribution in [0.1, 0.15) is 207 Å². The third kappa shape index (κ3) is 29.4. The zero-order valence-electron chi connectivity index (χ0n) is 65.6. The number of carbonyl (C=O) groups excluding carboxylic acids is 3. The van der Waals surface area contributed by atoms with Crippen LogP contribution >= 0.6 is 0 Å². The lowest BCUT2D eigenvalue weighted by Crippen LogP contribution is -2.70. The van der Waals surface area contributed by atoms with Crippen LogP contribution in [-0.4, -0.2) is 352 Å². The molecule has 32 atom stereocenters. The molecule has 6 fully saturated rings. The normalized spacial score (nSPS) is 37.2. The largest absolute Gasteiger partial charge is 0.394 e. The van der Waals surface area contributed by atoms with E-state index in [1.807, 2.05) is 6.08 Å². The van der Waals surface area contributed by atoms with Gasteiger partial charge in [-0.15, -0.1) is 0 Å². The molecule has 0 saturated carbocycles. The lowest BCUT2D eigenvalue weighted by Gasteiger charge is -2.51. The van der Waals surface area contributed by atoms with E-state index >= 15 is 0 Å². The Labute approximate surface area is 656 Å². The van der Waals surface area contributed by atoms with E-state index in [4.69, 9.17) is 56.8 Å². The molecule has 0 aliphatic carbocycles. The maximum atomic E-state index is 13.5. The van der Waals surface area contributed by atoms with Gasteiger partial charge in [-0.05, 0) is 19.3 Å². The summed E-state index contributed by atoms with van der Waals surface area (Å²) in [7, 11) is 0. The molecule has 0 aromatic carbocycles. The summed E-state index contributed by atoms with van der Waals surface area (Å²) in [5.74, 6) is -2.04. The van der Waals surface area contributed by atoms with Gasteiger partial charge in [-0.25, -0.2) is 0 Å². The van der Waals surface area contributed by atoms with E-state index < -0.39 is 254 Å². The lowest BCUT2D eigenvalue weighted by molar-refractivity contribution is -0.387. The summed E-state index contributed by atoms with van der Waals surface area (Å²) in [6, 6.07) is -4.66. The summed E-state index contributed by atoms with van der Waals surface area (Å²) in [6.07, 6.45) is -20.4. The third-order valence-electron chi connectivity index (χ3n) is 21.7. The summed E-state index contributed by atoms with van der Waals surface area (Å²) < 4.78 is 70.8. The number of allylic oxidation sites excluding steroid dienone is 1. The quantitative estimate of drug-likeness (QED) is 0.0222. The van der Waals surface area contributed by atoms with Crippen molar-refractivity contribution in [1.29, 1.82) is 0 Å². The molecular weight excluding hydrogens is 1480 g/mol. The maximum absolute atomic E-state index is 13.5. The summed E-state index contributed by atoms with van der Waals surface area (Å²) in [6.45, 7) is 0.0790. The Balaban J connectivity index is 1.09. The van der Waals surface area contributed by atoms with Crippen LogP contribution in [0.25, 0.3) is 0 Å². The highest BCUT2D eigenvalue weighted by Crippen LogP contribution is 2.38. The number of aliphatic hydroxyl groups is 18. The monoisotopic (exact) mass is 1620 g/mol. The minimum atomic E-state index is -2.24. The first-order valence-electron chi connectivity index (χ1n) is 41.0. The smallest absolute Gasteiger partial charge is 0.220 e. The van der Waals surface area contributed by atoms with Gasteiger partial charge in [0.25, 0.3) is 0 Å². The van der Waals surface area contributed by atoms with Gasteiger partial charge in [-0.2, -0.15) is 0 Å². The highest BCUT2D eigenvalue weighted by molar-refractivity contribution is 5.76. The molecule has 6 aliphatic heterocycles. The van der Waals surface area contributed by atoms with Crippen molar-refractivity contribution >= 4 is 17.7 Å². The average Bonchev–Trinajstić information content (AvgIpc) is 0.770. The first kappa shape index (κ1) is 97.8. The van der Waals surface area contributed by atoms with Crippen LogP contribution in [0.5, 0.6) is 0 Å². The van der Waals surface area contributed by atoms with Crippen molar-refractivity contribution in [3.8, 4) is 0 Å². The van der Waals surface area contributed by atoms with E-state index in [2.05, 4.69) is 29.8 Å². The Morgan fingerprint density at radius 1 is 0.348 bits per heavy atom. The van der Waals surface area contributed by atoms with Crippen molar-refractivity contribution in [2.75, 3.05) is 46.2 Å². The van der Waals surface area contributed by atoms with Gasteiger partial charge in [0.2, 0.25) is 17.7 Å². The Hall–Kier alpha value is -3.05. The Morgan fingerprint density at radius 2 is 0.661 bits per heavy atom. The molecule has 0 spiro atoms.